The molecule has 0 atom stereocenters. The summed E-state index contributed by atoms with van der Waals surface area (Å²) in [4.78, 5) is 11.2. The second kappa shape index (κ2) is 8.09. The Morgan fingerprint density at radius 1 is 0.658 bits per heavy atom. The highest BCUT2D eigenvalue weighted by Gasteiger charge is 2.52. The highest BCUT2D eigenvalue weighted by molar-refractivity contribution is 7.48. The number of hydrogen-bond acceptors (Lipinski definition) is 3. The van der Waals surface area contributed by atoms with E-state index in [1.165, 1.54) is 11.1 Å². The Morgan fingerprint density at radius 2 is 1.05 bits per heavy atom. The van der Waals surface area contributed by atoms with E-state index in [0.29, 0.717) is 11.5 Å². The zero-order chi connectivity index (χ0) is 26.4. The Bertz CT molecular complexity index is 1550. The smallest absolute Gasteiger partial charge is 0.394 e. The monoisotopic (exact) mass is 522 g/mol. The van der Waals surface area contributed by atoms with Crippen molar-refractivity contribution in [2.24, 2.45) is 0 Å². The van der Waals surface area contributed by atoms with Crippen LogP contribution in [0.3, 0.4) is 0 Å². The van der Waals surface area contributed by atoms with Crippen molar-refractivity contribution in [1.82, 2.24) is 0 Å². The maximum absolute atomic E-state index is 13.8. The van der Waals surface area contributed by atoms with Gasteiger partial charge in [0.15, 0.2) is 0 Å². The lowest BCUT2D eigenvalue weighted by Gasteiger charge is -2.34. The van der Waals surface area contributed by atoms with Gasteiger partial charge in [-0.2, -0.15) is 0 Å². The van der Waals surface area contributed by atoms with E-state index in [0.717, 1.165) is 81.3 Å². The van der Waals surface area contributed by atoms with Crippen molar-refractivity contribution in [1.29, 1.82) is 0 Å². The van der Waals surface area contributed by atoms with Crippen LogP contribution in [0.15, 0.2) is 60.7 Å². The summed E-state index contributed by atoms with van der Waals surface area (Å²) in [5.41, 5.74) is 12.5. The van der Waals surface area contributed by atoms with Gasteiger partial charge in [0.25, 0.3) is 0 Å². The van der Waals surface area contributed by atoms with E-state index in [1.54, 1.807) is 0 Å². The quantitative estimate of drug-likeness (QED) is 0.269. The van der Waals surface area contributed by atoms with Crippen molar-refractivity contribution in [3.8, 4) is 33.8 Å². The molecule has 0 unspecified atom stereocenters. The van der Waals surface area contributed by atoms with Crippen LogP contribution >= 0.6 is 7.82 Å². The molecule has 0 bridgehead atoms. The molecule has 4 nitrogen and oxygen atoms in total. The maximum Gasteiger partial charge on any atom is 0.584 e. The summed E-state index contributed by atoms with van der Waals surface area (Å²) in [6.07, 6.45) is 3.68. The summed E-state index contributed by atoms with van der Waals surface area (Å²) < 4.78 is 26.0. The molecule has 4 aromatic rings. The Morgan fingerprint density at radius 3 is 1.45 bits per heavy atom. The molecule has 1 spiro atoms. The van der Waals surface area contributed by atoms with Crippen molar-refractivity contribution in [3.63, 3.8) is 0 Å². The van der Waals surface area contributed by atoms with Gasteiger partial charge in [-0.15, -0.1) is 0 Å². The molecule has 0 saturated carbocycles. The van der Waals surface area contributed by atoms with Crippen molar-refractivity contribution in [2.45, 2.75) is 58.8 Å². The second-order valence-corrected chi connectivity index (χ2v) is 12.7. The zero-order valence-corrected chi connectivity index (χ0v) is 23.1. The van der Waals surface area contributed by atoms with E-state index < -0.39 is 7.82 Å². The van der Waals surface area contributed by atoms with Gasteiger partial charge < -0.3 is 9.05 Å². The molecule has 5 heteroatoms. The fourth-order valence-electron chi connectivity index (χ4n) is 7.31. The van der Waals surface area contributed by atoms with Gasteiger partial charge in [-0.1, -0.05) is 82.9 Å². The molecule has 4 aromatic carbocycles. The topological polar surface area (TPSA) is 55.8 Å². The molecule has 2 aliphatic carbocycles. The second-order valence-electron chi connectivity index (χ2n) is 11.4. The van der Waals surface area contributed by atoms with Crippen LogP contribution in [0.25, 0.3) is 22.3 Å². The van der Waals surface area contributed by atoms with Crippen molar-refractivity contribution in [2.75, 3.05) is 0 Å². The predicted octanol–water partition coefficient (Wildman–Crippen LogP) is 8.30. The van der Waals surface area contributed by atoms with E-state index in [1.807, 2.05) is 12.1 Å². The van der Waals surface area contributed by atoms with Crippen LogP contribution in [-0.4, -0.2) is 4.89 Å². The maximum atomic E-state index is 13.8. The summed E-state index contributed by atoms with van der Waals surface area (Å²) in [5, 5.41) is 0. The van der Waals surface area contributed by atoms with Crippen LogP contribution in [0.5, 0.6) is 11.5 Å². The molecule has 7 rings (SSSR count). The molecular weight excluding hydrogens is 491 g/mol. The zero-order valence-electron chi connectivity index (χ0n) is 22.2. The van der Waals surface area contributed by atoms with Crippen molar-refractivity contribution in [3.05, 3.63) is 105 Å². The Kier molecular flexibility index (Phi) is 5.06. The highest BCUT2D eigenvalue weighted by Crippen LogP contribution is 2.65. The summed E-state index contributed by atoms with van der Waals surface area (Å²) >= 11 is 0. The summed E-state index contributed by atoms with van der Waals surface area (Å²) in [6, 6.07) is 21.2. The Hall–Kier alpha value is -3.33. The van der Waals surface area contributed by atoms with Crippen LogP contribution in [0, 0.1) is 27.7 Å². The molecule has 1 aliphatic heterocycles. The van der Waals surface area contributed by atoms with Crippen LogP contribution in [0.4, 0.5) is 0 Å². The van der Waals surface area contributed by atoms with E-state index in [-0.39, 0.29) is 5.41 Å². The number of hydrogen-bond donors (Lipinski definition) is 1. The van der Waals surface area contributed by atoms with Gasteiger partial charge in [0.2, 0.25) is 0 Å². The molecule has 0 radical (unpaired) electrons. The third kappa shape index (κ3) is 3.51. The van der Waals surface area contributed by atoms with E-state index in [2.05, 4.69) is 76.2 Å². The first kappa shape index (κ1) is 23.8. The average Bonchev–Trinajstić information content (AvgIpc) is 3.39. The van der Waals surface area contributed by atoms with Gasteiger partial charge in [-0.3, -0.25) is 4.89 Å². The van der Waals surface area contributed by atoms with Gasteiger partial charge in [-0.05, 0) is 75.6 Å². The minimum Gasteiger partial charge on any atom is -0.394 e. The van der Waals surface area contributed by atoms with Crippen LogP contribution in [-0.2, 0) is 22.8 Å². The van der Waals surface area contributed by atoms with Gasteiger partial charge in [0.05, 0.1) is 0 Å². The number of benzene rings is 4. The molecule has 0 fully saturated rings. The first-order valence-electron chi connectivity index (χ1n) is 13.4. The van der Waals surface area contributed by atoms with Gasteiger partial charge in [0, 0.05) is 27.7 Å². The minimum absolute atomic E-state index is 0.306. The molecule has 1 heterocycles. The summed E-state index contributed by atoms with van der Waals surface area (Å²) in [5.74, 6) is 1.01. The van der Waals surface area contributed by atoms with E-state index >= 15 is 0 Å². The lowest BCUT2D eigenvalue weighted by atomic mass is 9.74. The predicted molar refractivity (Wildman–Crippen MR) is 151 cm³/mol. The summed E-state index contributed by atoms with van der Waals surface area (Å²) in [7, 11) is -4.51. The fraction of sp³-hybridized carbons (Fsp3) is 0.273. The van der Waals surface area contributed by atoms with Crippen molar-refractivity contribution < 1.29 is 18.5 Å². The normalized spacial score (nSPS) is 17.6. The number of phosphoric ester groups is 1. The van der Waals surface area contributed by atoms with Crippen molar-refractivity contribution >= 4 is 7.82 Å². The van der Waals surface area contributed by atoms with Gasteiger partial charge in [-0.25, -0.2) is 4.57 Å². The third-order valence-electron chi connectivity index (χ3n) is 8.57. The lowest BCUT2D eigenvalue weighted by Crippen LogP contribution is -2.25. The van der Waals surface area contributed by atoms with Gasteiger partial charge >= 0.3 is 7.82 Å². The molecule has 0 amide bonds. The number of phosphoric acid groups is 1. The Balaban J connectivity index is 1.54. The molecule has 1 N–H and O–H groups in total. The van der Waals surface area contributed by atoms with Crippen LogP contribution < -0.4 is 9.05 Å². The SMILES string of the molecule is Cc1cc(C)cc(-c2ccc3c4c2OP(=O)(O)Oc2c(-c5cc(C)cc(C)c5)ccc5c2C4(CC3)CC5)c1. The number of aryl methyl sites for hydroxylation is 6. The van der Waals surface area contributed by atoms with E-state index in [9.17, 15) is 9.46 Å². The highest BCUT2D eigenvalue weighted by atomic mass is 31.2. The van der Waals surface area contributed by atoms with Crippen LogP contribution in [0.1, 0.15) is 57.3 Å². The first-order chi connectivity index (χ1) is 18.1. The molecule has 38 heavy (non-hydrogen) atoms. The molecule has 3 aliphatic rings. The largest absolute Gasteiger partial charge is 0.584 e. The van der Waals surface area contributed by atoms with Gasteiger partial charge in [0.1, 0.15) is 11.5 Å². The summed E-state index contributed by atoms with van der Waals surface area (Å²) in [6.45, 7) is 8.29. The molecule has 0 saturated heterocycles. The van der Waals surface area contributed by atoms with E-state index in [4.69, 9.17) is 9.05 Å². The van der Waals surface area contributed by atoms with Crippen LogP contribution in [0.2, 0.25) is 0 Å². The first-order valence-corrected chi connectivity index (χ1v) is 14.9. The minimum atomic E-state index is -4.51. The molecule has 192 valence electrons. The third-order valence-corrected chi connectivity index (χ3v) is 9.39. The Labute approximate surface area is 223 Å². The number of rotatable bonds is 2. The lowest BCUT2D eigenvalue weighted by molar-refractivity contribution is 0.281. The fourth-order valence-corrected chi connectivity index (χ4v) is 8.19. The average molecular weight is 523 g/mol. The molecule has 0 aromatic heterocycles. The standard InChI is InChI=1S/C33H31O4P/c1-19-13-20(2)16-25(15-19)27-7-5-23-9-11-33-12-10-24-6-8-28(26-17-21(3)14-22(4)18-26)32(30(24)33)37-38(34,35)36-31(27)29(23)33/h5-8,13-18H,9-12H2,1-4H3,(H,34,35). The molecular formula is C33H31O4P.